The van der Waals surface area contributed by atoms with Crippen LogP contribution in [0.2, 0.25) is 0 Å². The Bertz CT molecular complexity index is 863. The van der Waals surface area contributed by atoms with Gasteiger partial charge >= 0.3 is 6.09 Å². The largest absolute Gasteiger partial charge is 0.464 e. The minimum atomic E-state index is -0.399. The molecule has 0 spiro atoms. The van der Waals surface area contributed by atoms with E-state index in [1.54, 1.807) is 24.6 Å². The number of fused-ring (bicyclic) bond motifs is 6. The summed E-state index contributed by atoms with van der Waals surface area (Å²) in [5, 5.41) is 4.15. The van der Waals surface area contributed by atoms with Gasteiger partial charge in [0.05, 0.1) is 12.6 Å². The van der Waals surface area contributed by atoms with E-state index < -0.39 is 6.09 Å². The third-order valence-electron chi connectivity index (χ3n) is 3.86. The lowest BCUT2D eigenvalue weighted by Gasteiger charge is -2.08. The van der Waals surface area contributed by atoms with Gasteiger partial charge in [0.25, 0.3) is 0 Å². The fraction of sp³-hybridized carbons (Fsp3) is 0.267. The molecule has 1 unspecified atom stereocenters. The van der Waals surface area contributed by atoms with Gasteiger partial charge in [0, 0.05) is 40.8 Å². The van der Waals surface area contributed by atoms with Gasteiger partial charge in [0.15, 0.2) is 0 Å². The predicted molar refractivity (Wildman–Crippen MR) is 80.3 cm³/mol. The number of hydrogen-bond donors (Lipinski definition) is 0. The monoisotopic (exact) mass is 303 g/mol. The molecule has 0 saturated heterocycles. The molecule has 0 saturated carbocycles. The Labute approximate surface area is 124 Å². The number of ether oxygens (including phenoxy) is 3. The van der Waals surface area contributed by atoms with Crippen LogP contribution in [-0.2, 0) is 15.9 Å². The summed E-state index contributed by atoms with van der Waals surface area (Å²) in [4.78, 5) is 12.0. The summed E-state index contributed by atoms with van der Waals surface area (Å²) < 4.78 is 18.7. The first-order valence-electron chi connectivity index (χ1n) is 6.55. The number of benzene rings is 1. The average Bonchev–Trinajstić information content (AvgIpc) is 3.20. The molecule has 0 radical (unpaired) electrons. The Balaban J connectivity index is 2.11. The fourth-order valence-corrected chi connectivity index (χ4v) is 3.86. The van der Waals surface area contributed by atoms with Crippen molar-refractivity contribution >= 4 is 38.4 Å². The van der Waals surface area contributed by atoms with Crippen molar-refractivity contribution in [3.8, 4) is 5.75 Å². The van der Waals surface area contributed by atoms with E-state index in [1.807, 2.05) is 17.5 Å². The number of carbonyl (C=O) groups is 1. The number of carbonyl (C=O) groups excluding carboxylic acids is 1. The van der Waals surface area contributed by atoms with Crippen LogP contribution in [0, 0.1) is 0 Å². The van der Waals surface area contributed by atoms with Gasteiger partial charge in [-0.25, -0.2) is 4.79 Å². The van der Waals surface area contributed by atoms with Crippen molar-refractivity contribution in [3.05, 3.63) is 29.3 Å². The van der Waals surface area contributed by atoms with Crippen LogP contribution in [0.3, 0.4) is 0 Å². The molecule has 5 nitrogen and oxygen atoms in total. The molecule has 1 aliphatic heterocycles. The summed E-state index contributed by atoms with van der Waals surface area (Å²) in [5.74, 6) is 0.814. The van der Waals surface area contributed by atoms with Crippen molar-refractivity contribution in [2.45, 2.75) is 12.7 Å². The maximum absolute atomic E-state index is 12.0. The second kappa shape index (κ2) is 4.47. The molecular formula is C15H13NO4S. The van der Waals surface area contributed by atoms with E-state index in [9.17, 15) is 4.79 Å². The molecule has 2 aromatic heterocycles. The van der Waals surface area contributed by atoms with E-state index in [4.69, 9.17) is 14.2 Å². The van der Waals surface area contributed by atoms with Gasteiger partial charge in [-0.15, -0.1) is 11.3 Å². The van der Waals surface area contributed by atoms with Gasteiger partial charge < -0.3 is 14.2 Å². The first-order chi connectivity index (χ1) is 10.2. The van der Waals surface area contributed by atoms with Crippen LogP contribution in [0.4, 0.5) is 4.79 Å². The van der Waals surface area contributed by atoms with E-state index in [0.717, 1.165) is 32.3 Å². The van der Waals surface area contributed by atoms with Crippen LogP contribution in [0.1, 0.15) is 5.56 Å². The summed E-state index contributed by atoms with van der Waals surface area (Å²) in [5.41, 5.74) is 1.85. The van der Waals surface area contributed by atoms with Gasteiger partial charge in [-0.05, 0) is 17.5 Å². The third kappa shape index (κ3) is 1.63. The van der Waals surface area contributed by atoms with Crippen LogP contribution in [0.25, 0.3) is 21.0 Å². The molecule has 1 atom stereocenters. The quantitative estimate of drug-likeness (QED) is 0.691. The van der Waals surface area contributed by atoms with Crippen molar-refractivity contribution in [2.75, 3.05) is 14.2 Å². The molecule has 0 amide bonds. The van der Waals surface area contributed by atoms with Gasteiger partial charge in [-0.2, -0.15) is 0 Å². The first kappa shape index (κ1) is 12.7. The number of hydrogen-bond acceptors (Lipinski definition) is 5. The molecule has 0 aliphatic carbocycles. The number of rotatable bonds is 1. The molecule has 108 valence electrons. The maximum Gasteiger partial charge on any atom is 0.418 e. The predicted octanol–water partition coefficient (Wildman–Crippen LogP) is 3.38. The Kier molecular flexibility index (Phi) is 2.70. The second-order valence-electron chi connectivity index (χ2n) is 4.88. The minimum absolute atomic E-state index is 0.310. The SMILES string of the molecule is COC(=O)n1ccc2c3sccc3c3c(c21)CC(OC)O3. The molecule has 1 aromatic carbocycles. The average molecular weight is 303 g/mol. The summed E-state index contributed by atoms with van der Waals surface area (Å²) in [6.45, 7) is 0. The topological polar surface area (TPSA) is 49.7 Å². The first-order valence-corrected chi connectivity index (χ1v) is 7.43. The molecule has 21 heavy (non-hydrogen) atoms. The van der Waals surface area contributed by atoms with Crippen molar-refractivity contribution in [1.29, 1.82) is 0 Å². The smallest absolute Gasteiger partial charge is 0.418 e. The normalized spacial score (nSPS) is 17.1. The molecule has 3 aromatic rings. The Morgan fingerprint density at radius 3 is 3.00 bits per heavy atom. The number of thiophene rings is 1. The third-order valence-corrected chi connectivity index (χ3v) is 4.80. The van der Waals surface area contributed by atoms with Crippen molar-refractivity contribution in [2.24, 2.45) is 0 Å². The van der Waals surface area contributed by atoms with Crippen LogP contribution in [0.15, 0.2) is 23.7 Å². The Morgan fingerprint density at radius 1 is 1.38 bits per heavy atom. The summed E-state index contributed by atoms with van der Waals surface area (Å²) in [6.07, 6.45) is 1.66. The molecule has 0 fully saturated rings. The zero-order valence-corrected chi connectivity index (χ0v) is 12.4. The molecule has 1 aliphatic rings. The Hall–Kier alpha value is -2.05. The highest BCUT2D eigenvalue weighted by Gasteiger charge is 2.30. The molecular weight excluding hydrogens is 290 g/mol. The van der Waals surface area contributed by atoms with E-state index in [2.05, 4.69) is 0 Å². The Morgan fingerprint density at radius 2 is 2.24 bits per heavy atom. The lowest BCUT2D eigenvalue weighted by molar-refractivity contribution is -0.0360. The van der Waals surface area contributed by atoms with Crippen molar-refractivity contribution in [3.63, 3.8) is 0 Å². The number of methoxy groups -OCH3 is 2. The van der Waals surface area contributed by atoms with Gasteiger partial charge in [0.2, 0.25) is 6.29 Å². The fourth-order valence-electron chi connectivity index (χ4n) is 2.94. The summed E-state index contributed by atoms with van der Waals surface area (Å²) >= 11 is 1.64. The van der Waals surface area contributed by atoms with E-state index >= 15 is 0 Å². The highest BCUT2D eigenvalue weighted by Crippen LogP contribution is 2.45. The van der Waals surface area contributed by atoms with Crippen LogP contribution < -0.4 is 4.74 Å². The van der Waals surface area contributed by atoms with Crippen LogP contribution in [-0.4, -0.2) is 31.2 Å². The van der Waals surface area contributed by atoms with Gasteiger partial charge in [0.1, 0.15) is 5.75 Å². The highest BCUT2D eigenvalue weighted by atomic mass is 32.1. The highest BCUT2D eigenvalue weighted by molar-refractivity contribution is 7.18. The lowest BCUT2D eigenvalue weighted by Crippen LogP contribution is -2.15. The molecule has 3 heterocycles. The minimum Gasteiger partial charge on any atom is -0.464 e. The van der Waals surface area contributed by atoms with E-state index in [0.29, 0.717) is 6.42 Å². The van der Waals surface area contributed by atoms with E-state index in [-0.39, 0.29) is 6.29 Å². The second-order valence-corrected chi connectivity index (χ2v) is 5.79. The van der Waals surface area contributed by atoms with Crippen molar-refractivity contribution < 1.29 is 19.0 Å². The zero-order valence-electron chi connectivity index (χ0n) is 11.6. The molecule has 6 heteroatoms. The summed E-state index contributed by atoms with van der Waals surface area (Å²) in [7, 11) is 3.00. The number of nitrogens with zero attached hydrogens (tertiary/aromatic N) is 1. The van der Waals surface area contributed by atoms with Gasteiger partial charge in [-0.1, -0.05) is 0 Å². The molecule has 0 bridgehead atoms. The van der Waals surface area contributed by atoms with Gasteiger partial charge in [-0.3, -0.25) is 4.57 Å². The maximum atomic E-state index is 12.0. The van der Waals surface area contributed by atoms with Crippen LogP contribution in [0.5, 0.6) is 5.75 Å². The summed E-state index contributed by atoms with van der Waals surface area (Å²) in [6, 6.07) is 4.00. The van der Waals surface area contributed by atoms with E-state index in [1.165, 1.54) is 11.7 Å². The zero-order chi connectivity index (χ0) is 14.6. The lowest BCUT2D eigenvalue weighted by atomic mass is 10.1. The number of aromatic nitrogens is 1. The van der Waals surface area contributed by atoms with Crippen molar-refractivity contribution in [1.82, 2.24) is 4.57 Å². The standard InChI is InChI=1S/C15H13NO4S/c1-18-11-7-10-12-8(3-5-16(12)15(17)19-2)14-9(4-6-21-14)13(10)20-11/h3-6,11H,7H2,1-2H3. The van der Waals surface area contributed by atoms with Crippen LogP contribution >= 0.6 is 11.3 Å². The molecule has 4 rings (SSSR count). The molecule has 0 N–H and O–H groups in total.